The van der Waals surface area contributed by atoms with Gasteiger partial charge in [0.15, 0.2) is 5.65 Å². The Bertz CT molecular complexity index is 1020. The van der Waals surface area contributed by atoms with Crippen LogP contribution in [0.15, 0.2) is 6.33 Å². The summed E-state index contributed by atoms with van der Waals surface area (Å²) in [6.07, 6.45) is 5.25. The van der Waals surface area contributed by atoms with Gasteiger partial charge in [-0.1, -0.05) is 13.8 Å². The maximum atomic E-state index is 12.9. The smallest absolute Gasteiger partial charge is 0.293 e. The van der Waals surface area contributed by atoms with E-state index in [1.807, 2.05) is 4.90 Å². The summed E-state index contributed by atoms with van der Waals surface area (Å²) in [6, 6.07) is 0. The topological polar surface area (TPSA) is 66.6 Å². The zero-order valence-electron chi connectivity index (χ0n) is 15.8. The first kappa shape index (κ1) is 17.1. The van der Waals surface area contributed by atoms with Crippen LogP contribution in [-0.4, -0.2) is 68.0 Å². The Balaban J connectivity index is 1.55. The summed E-state index contributed by atoms with van der Waals surface area (Å²) in [5.74, 6) is 0.728. The van der Waals surface area contributed by atoms with Crippen LogP contribution in [0.4, 0.5) is 0 Å². The van der Waals surface area contributed by atoms with E-state index in [-0.39, 0.29) is 11.7 Å². The van der Waals surface area contributed by atoms with Crippen LogP contribution in [0.3, 0.4) is 0 Å². The summed E-state index contributed by atoms with van der Waals surface area (Å²) >= 11 is 1.77. The molecule has 1 atom stereocenters. The SMILES string of the molecule is CCN1CCN(C(=O)c2nc3c4c5c(sc4ncn3n2)CCC[C@@H]5C)CC1. The highest BCUT2D eigenvalue weighted by atomic mass is 32.1. The molecule has 1 fully saturated rings. The normalized spacial score (nSPS) is 21.1. The maximum Gasteiger partial charge on any atom is 0.293 e. The van der Waals surface area contributed by atoms with Gasteiger partial charge in [0.05, 0.1) is 5.39 Å². The second kappa shape index (κ2) is 6.53. The first-order valence-electron chi connectivity index (χ1n) is 9.84. The fourth-order valence-corrected chi connectivity index (χ4v) is 5.68. The second-order valence-electron chi connectivity index (χ2n) is 7.59. The number of hydrogen-bond acceptors (Lipinski definition) is 6. The Morgan fingerprint density at radius 2 is 2.11 bits per heavy atom. The molecule has 1 aliphatic carbocycles. The molecule has 4 heterocycles. The Hall–Kier alpha value is -2.06. The monoisotopic (exact) mass is 384 g/mol. The number of amides is 1. The van der Waals surface area contributed by atoms with Gasteiger partial charge in [0, 0.05) is 31.1 Å². The molecule has 27 heavy (non-hydrogen) atoms. The second-order valence-corrected chi connectivity index (χ2v) is 8.67. The molecule has 8 heteroatoms. The number of aryl methyl sites for hydroxylation is 1. The maximum absolute atomic E-state index is 12.9. The largest absolute Gasteiger partial charge is 0.333 e. The molecule has 0 radical (unpaired) electrons. The molecule has 0 N–H and O–H groups in total. The van der Waals surface area contributed by atoms with Crippen LogP contribution in [-0.2, 0) is 6.42 Å². The molecule has 0 aromatic carbocycles. The molecular weight excluding hydrogens is 360 g/mol. The van der Waals surface area contributed by atoms with Crippen LogP contribution in [0.5, 0.6) is 0 Å². The fraction of sp³-hybridized carbons (Fsp3) is 0.579. The van der Waals surface area contributed by atoms with Crippen LogP contribution in [0.2, 0.25) is 0 Å². The predicted molar refractivity (Wildman–Crippen MR) is 106 cm³/mol. The van der Waals surface area contributed by atoms with Gasteiger partial charge in [0.25, 0.3) is 5.91 Å². The number of aromatic nitrogens is 4. The van der Waals surface area contributed by atoms with E-state index in [0.717, 1.165) is 55.0 Å². The van der Waals surface area contributed by atoms with Crippen molar-refractivity contribution in [3.05, 3.63) is 22.6 Å². The number of carbonyl (C=O) groups is 1. The average Bonchev–Trinajstić information content (AvgIpc) is 3.29. The number of piperazine rings is 1. The summed E-state index contributed by atoms with van der Waals surface area (Å²) < 4.78 is 1.69. The van der Waals surface area contributed by atoms with Crippen LogP contribution in [0.25, 0.3) is 15.9 Å². The summed E-state index contributed by atoms with van der Waals surface area (Å²) in [6.45, 7) is 8.76. The van der Waals surface area contributed by atoms with E-state index < -0.39 is 0 Å². The fourth-order valence-electron chi connectivity index (χ4n) is 4.38. The average molecular weight is 385 g/mol. The number of likely N-dealkylation sites (N-methyl/N-ethyl adjacent to an activating group) is 1. The molecule has 3 aromatic rings. The standard InChI is InChI=1S/C19H24N6OS/c1-3-23-7-9-24(10-8-23)19(26)16-21-17-15-14-12(2)5-4-6-13(14)27-18(15)20-11-25(17)22-16/h11-12H,3-10H2,1-2H3/t12-/m0/s1. The lowest BCUT2D eigenvalue weighted by Gasteiger charge is -2.33. The van der Waals surface area contributed by atoms with E-state index in [9.17, 15) is 4.79 Å². The Morgan fingerprint density at radius 1 is 1.30 bits per heavy atom. The van der Waals surface area contributed by atoms with Crippen molar-refractivity contribution in [1.29, 1.82) is 0 Å². The number of hydrogen-bond donors (Lipinski definition) is 0. The van der Waals surface area contributed by atoms with Crippen molar-refractivity contribution in [3.63, 3.8) is 0 Å². The highest BCUT2D eigenvalue weighted by Crippen LogP contribution is 2.42. The van der Waals surface area contributed by atoms with Gasteiger partial charge in [0.1, 0.15) is 11.2 Å². The van der Waals surface area contributed by atoms with Gasteiger partial charge in [-0.3, -0.25) is 4.79 Å². The predicted octanol–water partition coefficient (Wildman–Crippen LogP) is 2.56. The minimum Gasteiger partial charge on any atom is -0.333 e. The van der Waals surface area contributed by atoms with Gasteiger partial charge in [-0.25, -0.2) is 14.5 Å². The third kappa shape index (κ3) is 2.73. The van der Waals surface area contributed by atoms with Gasteiger partial charge in [-0.2, -0.15) is 0 Å². The van der Waals surface area contributed by atoms with Crippen LogP contribution >= 0.6 is 11.3 Å². The molecule has 0 spiro atoms. The van der Waals surface area contributed by atoms with E-state index in [1.165, 1.54) is 23.3 Å². The van der Waals surface area contributed by atoms with Crippen molar-refractivity contribution in [1.82, 2.24) is 29.4 Å². The summed E-state index contributed by atoms with van der Waals surface area (Å²) in [7, 11) is 0. The van der Waals surface area contributed by atoms with E-state index in [4.69, 9.17) is 0 Å². The van der Waals surface area contributed by atoms with Crippen LogP contribution in [0, 0.1) is 0 Å². The molecule has 5 rings (SSSR count). The third-order valence-electron chi connectivity index (χ3n) is 5.97. The summed E-state index contributed by atoms with van der Waals surface area (Å²) in [5.41, 5.74) is 2.16. The Labute approximate surface area is 162 Å². The molecule has 1 saturated heterocycles. The number of nitrogens with zero attached hydrogens (tertiary/aromatic N) is 6. The zero-order chi connectivity index (χ0) is 18.5. The van der Waals surface area contributed by atoms with Crippen molar-refractivity contribution in [2.24, 2.45) is 0 Å². The highest BCUT2D eigenvalue weighted by Gasteiger charge is 2.28. The van der Waals surface area contributed by atoms with E-state index in [0.29, 0.717) is 5.92 Å². The van der Waals surface area contributed by atoms with E-state index in [1.54, 1.807) is 22.2 Å². The van der Waals surface area contributed by atoms with Crippen molar-refractivity contribution in [3.8, 4) is 0 Å². The zero-order valence-corrected chi connectivity index (χ0v) is 16.6. The molecule has 0 unspecified atom stereocenters. The van der Waals surface area contributed by atoms with E-state index >= 15 is 0 Å². The number of carbonyl (C=O) groups excluding carboxylic acids is 1. The van der Waals surface area contributed by atoms with Crippen molar-refractivity contribution < 1.29 is 4.79 Å². The molecule has 142 valence electrons. The molecular formula is C19H24N6OS. The van der Waals surface area contributed by atoms with Crippen LogP contribution in [0.1, 0.15) is 53.7 Å². The Morgan fingerprint density at radius 3 is 2.89 bits per heavy atom. The summed E-state index contributed by atoms with van der Waals surface area (Å²) in [4.78, 5) is 28.9. The number of thiophene rings is 1. The van der Waals surface area contributed by atoms with Gasteiger partial charge < -0.3 is 9.80 Å². The minimum absolute atomic E-state index is 0.0697. The molecule has 2 aliphatic rings. The first-order valence-corrected chi connectivity index (χ1v) is 10.7. The molecule has 1 aliphatic heterocycles. The lowest BCUT2D eigenvalue weighted by Crippen LogP contribution is -2.48. The lowest BCUT2D eigenvalue weighted by atomic mass is 9.87. The van der Waals surface area contributed by atoms with Gasteiger partial charge in [-0.05, 0) is 37.3 Å². The number of fused-ring (bicyclic) bond motifs is 5. The van der Waals surface area contributed by atoms with Gasteiger partial charge in [-0.15, -0.1) is 16.4 Å². The third-order valence-corrected chi connectivity index (χ3v) is 7.15. The highest BCUT2D eigenvalue weighted by molar-refractivity contribution is 7.19. The first-order chi connectivity index (χ1) is 13.2. The van der Waals surface area contributed by atoms with Crippen LogP contribution < -0.4 is 0 Å². The number of rotatable bonds is 2. The quantitative estimate of drug-likeness (QED) is 0.679. The van der Waals surface area contributed by atoms with Crippen molar-refractivity contribution in [2.45, 2.75) is 39.0 Å². The van der Waals surface area contributed by atoms with Gasteiger partial charge >= 0.3 is 0 Å². The van der Waals surface area contributed by atoms with E-state index in [2.05, 4.69) is 33.8 Å². The van der Waals surface area contributed by atoms with Crippen molar-refractivity contribution >= 4 is 33.1 Å². The Kier molecular flexibility index (Phi) is 4.12. The molecule has 7 nitrogen and oxygen atoms in total. The molecule has 1 amide bonds. The lowest BCUT2D eigenvalue weighted by molar-refractivity contribution is 0.0631. The minimum atomic E-state index is -0.0697. The molecule has 3 aromatic heterocycles. The van der Waals surface area contributed by atoms with Crippen molar-refractivity contribution in [2.75, 3.05) is 32.7 Å². The molecule has 0 saturated carbocycles. The molecule has 0 bridgehead atoms. The van der Waals surface area contributed by atoms with Gasteiger partial charge in [0.2, 0.25) is 5.82 Å². The summed E-state index contributed by atoms with van der Waals surface area (Å²) in [5, 5.41) is 5.58.